The number of hydrogen-bond donors (Lipinski definition) is 2. The molecule has 4 rings (SSSR count). The molecule has 8 heteroatoms. The summed E-state index contributed by atoms with van der Waals surface area (Å²) < 4.78 is 16.8. The third-order valence-electron chi connectivity index (χ3n) is 5.17. The van der Waals surface area contributed by atoms with Crippen molar-refractivity contribution in [1.29, 1.82) is 5.26 Å². The summed E-state index contributed by atoms with van der Waals surface area (Å²) in [7, 11) is 0. The molecule has 0 amide bonds. The highest BCUT2D eigenvalue weighted by Crippen LogP contribution is 2.40. The van der Waals surface area contributed by atoms with E-state index >= 15 is 4.39 Å². The van der Waals surface area contributed by atoms with E-state index in [1.807, 2.05) is 6.92 Å². The van der Waals surface area contributed by atoms with Crippen LogP contribution in [0.25, 0.3) is 10.9 Å². The zero-order valence-corrected chi connectivity index (χ0v) is 15.3. The van der Waals surface area contributed by atoms with Gasteiger partial charge in [0, 0.05) is 30.5 Å². The number of aromatic nitrogens is 1. The molecule has 1 atom stereocenters. The second kappa shape index (κ2) is 6.37. The number of halogens is 1. The molecule has 1 aliphatic heterocycles. The van der Waals surface area contributed by atoms with Crippen LogP contribution >= 0.6 is 0 Å². The van der Waals surface area contributed by atoms with Gasteiger partial charge in [-0.3, -0.25) is 4.79 Å². The fourth-order valence-corrected chi connectivity index (χ4v) is 3.92. The fraction of sp³-hybridized carbons (Fsp3) is 0.350. The van der Waals surface area contributed by atoms with Crippen LogP contribution in [0.1, 0.15) is 41.7 Å². The summed E-state index contributed by atoms with van der Waals surface area (Å²) in [5.74, 6) is -2.08. The van der Waals surface area contributed by atoms with E-state index in [1.165, 1.54) is 6.20 Å². The largest absolute Gasteiger partial charge is 0.477 e. The Labute approximate surface area is 160 Å². The molecule has 1 saturated carbocycles. The average Bonchev–Trinajstić information content (AvgIpc) is 3.45. The molecule has 2 aromatic rings. The third-order valence-corrected chi connectivity index (χ3v) is 5.17. The number of carboxylic acids is 1. The van der Waals surface area contributed by atoms with Crippen molar-refractivity contribution >= 4 is 22.6 Å². The minimum absolute atomic E-state index is 0.00326. The van der Waals surface area contributed by atoms with E-state index in [4.69, 9.17) is 0 Å². The predicted octanol–water partition coefficient (Wildman–Crippen LogP) is 2.36. The Bertz CT molecular complexity index is 1130. The number of nitrogens with one attached hydrogen (secondary N) is 1. The Hall–Kier alpha value is -3.34. The zero-order valence-electron chi connectivity index (χ0n) is 15.3. The first-order valence-corrected chi connectivity index (χ1v) is 9.05. The number of anilines is 1. The van der Waals surface area contributed by atoms with Crippen molar-refractivity contribution in [1.82, 2.24) is 9.88 Å². The molecule has 144 valence electrons. The maximum Gasteiger partial charge on any atom is 0.341 e. The Kier molecular flexibility index (Phi) is 4.11. The smallest absolute Gasteiger partial charge is 0.341 e. The van der Waals surface area contributed by atoms with Crippen LogP contribution in [-0.2, 0) is 0 Å². The SMILES string of the molecule is C=C1CN(c2c(F)cc3c(=O)c(C(=O)O)cn(C4CC4)c3c2C#N)C[C@@H](C)N1. The van der Waals surface area contributed by atoms with E-state index in [0.29, 0.717) is 24.3 Å². The van der Waals surface area contributed by atoms with Gasteiger partial charge in [-0.05, 0) is 25.8 Å². The van der Waals surface area contributed by atoms with Gasteiger partial charge >= 0.3 is 5.97 Å². The van der Waals surface area contributed by atoms with Crippen LogP contribution in [0.2, 0.25) is 0 Å². The quantitative estimate of drug-likeness (QED) is 0.846. The van der Waals surface area contributed by atoms with E-state index in [1.54, 1.807) is 9.47 Å². The number of rotatable bonds is 3. The molecule has 1 aromatic heterocycles. The van der Waals surface area contributed by atoms with Crippen LogP contribution in [-0.4, -0.2) is 34.8 Å². The minimum atomic E-state index is -1.36. The molecule has 1 aliphatic carbocycles. The predicted molar refractivity (Wildman–Crippen MR) is 102 cm³/mol. The van der Waals surface area contributed by atoms with Crippen molar-refractivity contribution < 1.29 is 14.3 Å². The highest BCUT2D eigenvalue weighted by molar-refractivity contribution is 5.96. The first kappa shape index (κ1) is 18.0. The average molecular weight is 382 g/mol. The van der Waals surface area contributed by atoms with Gasteiger partial charge in [-0.15, -0.1) is 0 Å². The van der Waals surface area contributed by atoms with Crippen LogP contribution in [0.4, 0.5) is 10.1 Å². The van der Waals surface area contributed by atoms with Gasteiger partial charge in [-0.2, -0.15) is 5.26 Å². The Morgan fingerprint density at radius 1 is 1.46 bits per heavy atom. The lowest BCUT2D eigenvalue weighted by Crippen LogP contribution is -2.48. The molecule has 2 fully saturated rings. The Morgan fingerprint density at radius 2 is 2.18 bits per heavy atom. The van der Waals surface area contributed by atoms with Crippen LogP contribution in [0.15, 0.2) is 29.3 Å². The van der Waals surface area contributed by atoms with Gasteiger partial charge in [0.05, 0.1) is 23.1 Å². The molecular weight excluding hydrogens is 363 g/mol. The van der Waals surface area contributed by atoms with Crippen LogP contribution in [0.5, 0.6) is 0 Å². The van der Waals surface area contributed by atoms with Gasteiger partial charge in [-0.1, -0.05) is 6.58 Å². The molecule has 7 nitrogen and oxygen atoms in total. The van der Waals surface area contributed by atoms with Crippen LogP contribution in [0.3, 0.4) is 0 Å². The van der Waals surface area contributed by atoms with Gasteiger partial charge in [0.1, 0.15) is 23.0 Å². The molecule has 2 aliphatic rings. The van der Waals surface area contributed by atoms with E-state index in [-0.39, 0.29) is 28.7 Å². The number of nitrogens with zero attached hydrogens (tertiary/aromatic N) is 3. The summed E-state index contributed by atoms with van der Waals surface area (Å²) in [5, 5.41) is 22.4. The molecule has 0 unspecified atom stereocenters. The zero-order chi connectivity index (χ0) is 20.2. The van der Waals surface area contributed by atoms with Crippen molar-refractivity contribution in [2.75, 3.05) is 18.0 Å². The number of piperazine rings is 1. The summed E-state index contributed by atoms with van der Waals surface area (Å²) in [5.41, 5.74) is -0.00518. The minimum Gasteiger partial charge on any atom is -0.477 e. The lowest BCUT2D eigenvalue weighted by atomic mass is 10.0. The Morgan fingerprint density at radius 3 is 2.75 bits per heavy atom. The van der Waals surface area contributed by atoms with Crippen molar-refractivity contribution in [3.05, 3.63) is 51.7 Å². The number of carboxylic acid groups (broad SMARTS) is 1. The molecule has 28 heavy (non-hydrogen) atoms. The number of carbonyl (C=O) groups is 1. The monoisotopic (exact) mass is 382 g/mol. The number of benzene rings is 1. The maximum absolute atomic E-state index is 15.1. The van der Waals surface area contributed by atoms with E-state index < -0.39 is 22.8 Å². The topological polar surface area (TPSA) is 98.4 Å². The molecule has 2 N–H and O–H groups in total. The summed E-state index contributed by atoms with van der Waals surface area (Å²) >= 11 is 0. The summed E-state index contributed by atoms with van der Waals surface area (Å²) in [4.78, 5) is 25.9. The lowest BCUT2D eigenvalue weighted by molar-refractivity contribution is 0.0695. The second-order valence-corrected chi connectivity index (χ2v) is 7.43. The van der Waals surface area contributed by atoms with Crippen LogP contribution < -0.4 is 15.6 Å². The summed E-state index contributed by atoms with van der Waals surface area (Å²) in [6, 6.07) is 3.15. The number of fused-ring (bicyclic) bond motifs is 1. The van der Waals surface area contributed by atoms with Gasteiger partial charge in [0.15, 0.2) is 0 Å². The number of pyridine rings is 1. The normalized spacial score (nSPS) is 19.4. The molecule has 0 radical (unpaired) electrons. The first-order chi connectivity index (χ1) is 13.3. The second-order valence-electron chi connectivity index (χ2n) is 7.43. The highest BCUT2D eigenvalue weighted by atomic mass is 19.1. The van der Waals surface area contributed by atoms with Gasteiger partial charge in [-0.25, -0.2) is 9.18 Å². The van der Waals surface area contributed by atoms with Gasteiger partial charge in [0.25, 0.3) is 0 Å². The standard InChI is InChI=1S/C20H19FN4O3/c1-10-7-24(8-11(2)23-10)18-14(6-22)17-13(5-16(18)21)19(26)15(20(27)28)9-25(17)12-3-4-12/h5,9,11-12,23H,1,3-4,7-8H2,2H3,(H,27,28)/t11-/m1/s1. The fourth-order valence-electron chi connectivity index (χ4n) is 3.92. The summed E-state index contributed by atoms with van der Waals surface area (Å²) in [6.07, 6.45) is 2.92. The van der Waals surface area contributed by atoms with Gasteiger partial charge in [0.2, 0.25) is 5.43 Å². The molecule has 0 spiro atoms. The van der Waals surface area contributed by atoms with Crippen molar-refractivity contribution in [3.63, 3.8) is 0 Å². The molecule has 0 bridgehead atoms. The van der Waals surface area contributed by atoms with Crippen molar-refractivity contribution in [2.24, 2.45) is 0 Å². The number of hydrogen-bond acceptors (Lipinski definition) is 5. The molecule has 1 saturated heterocycles. The van der Waals surface area contributed by atoms with E-state index in [2.05, 4.69) is 18.0 Å². The van der Waals surface area contributed by atoms with Crippen LogP contribution in [0, 0.1) is 17.1 Å². The molecular formula is C20H19FN4O3. The van der Waals surface area contributed by atoms with Crippen molar-refractivity contribution in [2.45, 2.75) is 31.8 Å². The molecule has 1 aromatic carbocycles. The lowest BCUT2D eigenvalue weighted by Gasteiger charge is -2.36. The van der Waals surface area contributed by atoms with E-state index in [0.717, 1.165) is 18.9 Å². The first-order valence-electron chi connectivity index (χ1n) is 9.05. The number of nitriles is 1. The van der Waals surface area contributed by atoms with Gasteiger partial charge < -0.3 is 19.9 Å². The summed E-state index contributed by atoms with van der Waals surface area (Å²) in [6.45, 7) is 6.65. The Balaban J connectivity index is 2.05. The van der Waals surface area contributed by atoms with Crippen molar-refractivity contribution in [3.8, 4) is 6.07 Å². The third kappa shape index (κ3) is 2.80. The molecule has 2 heterocycles. The number of aromatic carboxylic acids is 1. The maximum atomic E-state index is 15.1. The van der Waals surface area contributed by atoms with E-state index in [9.17, 15) is 20.0 Å². The highest BCUT2D eigenvalue weighted by Gasteiger charge is 2.31.